The van der Waals surface area contributed by atoms with E-state index in [4.69, 9.17) is 0 Å². The molecule has 104 valence electrons. The van der Waals surface area contributed by atoms with E-state index in [1.54, 1.807) is 0 Å². The molecule has 0 radical (unpaired) electrons. The lowest BCUT2D eigenvalue weighted by Gasteiger charge is -2.26. The molecular formula is C14H21N3OS. The molecule has 19 heavy (non-hydrogen) atoms. The van der Waals surface area contributed by atoms with Crippen LogP contribution in [0.1, 0.15) is 5.56 Å². The Hall–Kier alpha value is -1.36. The molecule has 0 saturated carbocycles. The Morgan fingerprint density at radius 3 is 2.47 bits per heavy atom. The molecule has 0 atom stereocenters. The van der Waals surface area contributed by atoms with E-state index >= 15 is 0 Å². The number of nitrogens with one attached hydrogen (secondary N) is 1. The Labute approximate surface area is 119 Å². The average molecular weight is 279 g/mol. The maximum absolute atomic E-state index is 11.9. The van der Waals surface area contributed by atoms with Crippen LogP contribution in [0.3, 0.4) is 0 Å². The maximum Gasteiger partial charge on any atom is 0.317 e. The minimum Gasteiger partial charge on any atom is -0.378 e. The second-order valence-corrected chi connectivity index (χ2v) is 6.04. The number of urea groups is 1. The molecule has 1 aliphatic heterocycles. The van der Waals surface area contributed by atoms with Crippen LogP contribution in [0.4, 0.5) is 10.5 Å². The van der Waals surface area contributed by atoms with Crippen LogP contribution in [0.2, 0.25) is 0 Å². The van der Waals surface area contributed by atoms with E-state index in [9.17, 15) is 4.79 Å². The summed E-state index contributed by atoms with van der Waals surface area (Å²) in [6, 6.07) is 8.30. The molecule has 0 aliphatic carbocycles. The highest BCUT2D eigenvalue weighted by atomic mass is 32.2. The molecule has 5 heteroatoms. The molecule has 0 aromatic heterocycles. The van der Waals surface area contributed by atoms with Gasteiger partial charge in [-0.3, -0.25) is 0 Å². The van der Waals surface area contributed by atoms with Gasteiger partial charge in [0.2, 0.25) is 0 Å². The molecule has 1 aromatic rings. The number of carbonyl (C=O) groups excluding carboxylic acids is 1. The summed E-state index contributed by atoms with van der Waals surface area (Å²) in [7, 11) is 4.04. The van der Waals surface area contributed by atoms with Gasteiger partial charge in [-0.2, -0.15) is 11.8 Å². The van der Waals surface area contributed by atoms with Gasteiger partial charge in [-0.15, -0.1) is 0 Å². The van der Waals surface area contributed by atoms with Crippen molar-refractivity contribution in [1.29, 1.82) is 0 Å². The fourth-order valence-corrected chi connectivity index (χ4v) is 2.87. The lowest BCUT2D eigenvalue weighted by atomic mass is 10.2. The number of anilines is 1. The van der Waals surface area contributed by atoms with Crippen LogP contribution >= 0.6 is 11.8 Å². The first kappa shape index (κ1) is 14.1. The zero-order valence-corrected chi connectivity index (χ0v) is 12.4. The lowest BCUT2D eigenvalue weighted by Crippen LogP contribution is -2.44. The Morgan fingerprint density at radius 2 is 1.89 bits per heavy atom. The van der Waals surface area contributed by atoms with Crippen LogP contribution in [-0.4, -0.2) is 49.6 Å². The molecule has 1 N–H and O–H groups in total. The van der Waals surface area contributed by atoms with Crippen LogP contribution in [0.15, 0.2) is 24.3 Å². The first-order valence-electron chi connectivity index (χ1n) is 6.53. The first-order valence-corrected chi connectivity index (χ1v) is 7.69. The van der Waals surface area contributed by atoms with Gasteiger partial charge in [-0.05, 0) is 17.7 Å². The van der Waals surface area contributed by atoms with Crippen molar-refractivity contribution in [2.75, 3.05) is 43.6 Å². The number of thioether (sulfide) groups is 1. The van der Waals surface area contributed by atoms with Crippen LogP contribution in [0.5, 0.6) is 0 Å². The SMILES string of the molecule is CN(C)c1ccc(CNC(=O)N2CCSCC2)cc1. The molecule has 2 rings (SSSR count). The van der Waals surface area contributed by atoms with Gasteiger partial charge >= 0.3 is 6.03 Å². The summed E-state index contributed by atoms with van der Waals surface area (Å²) >= 11 is 1.91. The van der Waals surface area contributed by atoms with Gasteiger partial charge in [-0.25, -0.2) is 4.79 Å². The first-order chi connectivity index (χ1) is 9.16. The topological polar surface area (TPSA) is 35.6 Å². The third-order valence-electron chi connectivity index (χ3n) is 3.19. The van der Waals surface area contributed by atoms with Gasteiger partial charge in [-0.1, -0.05) is 12.1 Å². The summed E-state index contributed by atoms with van der Waals surface area (Å²) in [6.07, 6.45) is 0. The number of benzene rings is 1. The van der Waals surface area contributed by atoms with Gasteiger partial charge in [0.05, 0.1) is 0 Å². The molecule has 1 aliphatic rings. The van der Waals surface area contributed by atoms with Gasteiger partial charge in [0.25, 0.3) is 0 Å². The molecule has 1 saturated heterocycles. The van der Waals surface area contributed by atoms with Gasteiger partial charge < -0.3 is 15.1 Å². The highest BCUT2D eigenvalue weighted by Gasteiger charge is 2.15. The second kappa shape index (κ2) is 6.70. The standard InChI is InChI=1S/C14H21N3OS/c1-16(2)13-5-3-12(4-6-13)11-15-14(18)17-7-9-19-10-8-17/h3-6H,7-11H2,1-2H3,(H,15,18). The van der Waals surface area contributed by atoms with Crippen molar-refractivity contribution in [2.45, 2.75) is 6.54 Å². The fraction of sp³-hybridized carbons (Fsp3) is 0.500. The highest BCUT2D eigenvalue weighted by Crippen LogP contribution is 2.12. The van der Waals surface area contributed by atoms with Crippen molar-refractivity contribution in [3.8, 4) is 0 Å². The minimum atomic E-state index is 0.0528. The second-order valence-electron chi connectivity index (χ2n) is 4.82. The number of amides is 2. The zero-order chi connectivity index (χ0) is 13.7. The summed E-state index contributed by atoms with van der Waals surface area (Å²) in [6.45, 7) is 2.31. The van der Waals surface area contributed by atoms with E-state index in [0.29, 0.717) is 6.54 Å². The third kappa shape index (κ3) is 4.06. The summed E-state index contributed by atoms with van der Waals surface area (Å²) < 4.78 is 0. The number of hydrogen-bond donors (Lipinski definition) is 1. The Morgan fingerprint density at radius 1 is 1.26 bits per heavy atom. The largest absolute Gasteiger partial charge is 0.378 e. The fourth-order valence-electron chi connectivity index (χ4n) is 1.97. The summed E-state index contributed by atoms with van der Waals surface area (Å²) in [5, 5.41) is 2.98. The molecule has 1 fully saturated rings. The predicted octanol–water partition coefficient (Wildman–Crippen LogP) is 2.01. The number of carbonyl (C=O) groups is 1. The maximum atomic E-state index is 11.9. The summed E-state index contributed by atoms with van der Waals surface area (Å²) in [4.78, 5) is 15.9. The van der Waals surface area contributed by atoms with Crippen molar-refractivity contribution in [3.05, 3.63) is 29.8 Å². The Balaban J connectivity index is 1.82. The highest BCUT2D eigenvalue weighted by molar-refractivity contribution is 7.99. The number of rotatable bonds is 3. The van der Waals surface area contributed by atoms with Crippen molar-refractivity contribution >= 4 is 23.5 Å². The van der Waals surface area contributed by atoms with E-state index in [1.807, 2.05) is 30.8 Å². The van der Waals surface area contributed by atoms with Crippen LogP contribution < -0.4 is 10.2 Å². The summed E-state index contributed by atoms with van der Waals surface area (Å²) in [5.41, 5.74) is 2.30. The minimum absolute atomic E-state index is 0.0528. The molecular weight excluding hydrogens is 258 g/mol. The number of nitrogens with zero attached hydrogens (tertiary/aromatic N) is 2. The van der Waals surface area contributed by atoms with E-state index in [1.165, 1.54) is 5.69 Å². The monoisotopic (exact) mass is 279 g/mol. The molecule has 0 unspecified atom stereocenters. The predicted molar refractivity (Wildman–Crippen MR) is 81.9 cm³/mol. The third-order valence-corrected chi connectivity index (χ3v) is 4.14. The molecule has 2 amide bonds. The van der Waals surface area contributed by atoms with E-state index in [-0.39, 0.29) is 6.03 Å². The van der Waals surface area contributed by atoms with Crippen LogP contribution in [0.25, 0.3) is 0 Å². The van der Waals surface area contributed by atoms with Crippen LogP contribution in [0, 0.1) is 0 Å². The van der Waals surface area contributed by atoms with Gasteiger partial charge in [0, 0.05) is 50.9 Å². The number of hydrogen-bond acceptors (Lipinski definition) is 3. The van der Waals surface area contributed by atoms with Crippen LogP contribution in [-0.2, 0) is 6.54 Å². The van der Waals surface area contributed by atoms with Crippen molar-refractivity contribution in [3.63, 3.8) is 0 Å². The van der Waals surface area contributed by atoms with E-state index in [2.05, 4.69) is 34.5 Å². The van der Waals surface area contributed by atoms with Crippen molar-refractivity contribution in [1.82, 2.24) is 10.2 Å². The normalized spacial score (nSPS) is 15.2. The van der Waals surface area contributed by atoms with E-state index < -0.39 is 0 Å². The average Bonchev–Trinajstić information content (AvgIpc) is 2.46. The van der Waals surface area contributed by atoms with Gasteiger partial charge in [0.15, 0.2) is 0 Å². The quantitative estimate of drug-likeness (QED) is 0.919. The van der Waals surface area contributed by atoms with Gasteiger partial charge in [0.1, 0.15) is 0 Å². The summed E-state index contributed by atoms with van der Waals surface area (Å²) in [5.74, 6) is 2.09. The molecule has 0 bridgehead atoms. The molecule has 1 heterocycles. The Bertz CT molecular complexity index is 413. The molecule has 1 aromatic carbocycles. The zero-order valence-electron chi connectivity index (χ0n) is 11.6. The van der Waals surface area contributed by atoms with Crippen molar-refractivity contribution in [2.24, 2.45) is 0 Å². The molecule has 0 spiro atoms. The van der Waals surface area contributed by atoms with E-state index in [0.717, 1.165) is 30.2 Å². The van der Waals surface area contributed by atoms with Crippen molar-refractivity contribution < 1.29 is 4.79 Å². The lowest BCUT2D eigenvalue weighted by molar-refractivity contribution is 0.202. The molecule has 4 nitrogen and oxygen atoms in total. The smallest absolute Gasteiger partial charge is 0.317 e. The Kier molecular flexibility index (Phi) is 4.96.